The minimum Gasteiger partial charge on any atom is -0.378 e. The largest absolute Gasteiger partial charge is 0.418 e. The van der Waals surface area contributed by atoms with E-state index in [1.165, 1.54) is 18.2 Å². The van der Waals surface area contributed by atoms with E-state index in [9.17, 15) is 23.2 Å². The zero-order valence-electron chi connectivity index (χ0n) is 15.4. The number of carbonyl (C=O) groups excluding carboxylic acids is 1. The van der Waals surface area contributed by atoms with Gasteiger partial charge in [0.25, 0.3) is 5.91 Å². The average molecular weight is 401 g/mol. The van der Waals surface area contributed by atoms with Crippen LogP contribution in [0.3, 0.4) is 0 Å². The molecule has 1 heterocycles. The van der Waals surface area contributed by atoms with Crippen molar-refractivity contribution < 1.29 is 22.7 Å². The fourth-order valence-corrected chi connectivity index (χ4v) is 2.95. The highest BCUT2D eigenvalue weighted by Gasteiger charge is 2.33. The van der Waals surface area contributed by atoms with E-state index in [-0.39, 0.29) is 5.57 Å². The van der Waals surface area contributed by atoms with Crippen LogP contribution in [0.25, 0.3) is 6.08 Å². The number of nitrogens with one attached hydrogen (secondary N) is 1. The van der Waals surface area contributed by atoms with Crippen LogP contribution in [0, 0.1) is 11.3 Å². The predicted octanol–water partition coefficient (Wildman–Crippen LogP) is 4.09. The maximum atomic E-state index is 13.1. The Morgan fingerprint density at radius 3 is 2.38 bits per heavy atom. The summed E-state index contributed by atoms with van der Waals surface area (Å²) >= 11 is 0. The minimum atomic E-state index is -4.62. The van der Waals surface area contributed by atoms with Crippen LogP contribution in [0.1, 0.15) is 11.1 Å². The topological polar surface area (TPSA) is 65.4 Å². The lowest BCUT2D eigenvalue weighted by Crippen LogP contribution is -2.36. The van der Waals surface area contributed by atoms with Crippen molar-refractivity contribution in [2.24, 2.45) is 0 Å². The average Bonchev–Trinajstić information content (AvgIpc) is 2.72. The Hall–Kier alpha value is -3.31. The fraction of sp³-hybridized carbons (Fsp3) is 0.238. The number of ether oxygens (including phenoxy) is 1. The molecule has 0 spiro atoms. The molecule has 2 aromatic rings. The highest BCUT2D eigenvalue weighted by Crippen LogP contribution is 2.34. The summed E-state index contributed by atoms with van der Waals surface area (Å²) in [7, 11) is 0. The summed E-state index contributed by atoms with van der Waals surface area (Å²) in [5, 5.41) is 11.5. The lowest BCUT2D eigenvalue weighted by atomic mass is 10.1. The monoisotopic (exact) mass is 401 g/mol. The lowest BCUT2D eigenvalue weighted by molar-refractivity contribution is -0.137. The van der Waals surface area contributed by atoms with Crippen LogP contribution < -0.4 is 10.2 Å². The third kappa shape index (κ3) is 5.15. The molecule has 0 unspecified atom stereocenters. The second-order valence-electron chi connectivity index (χ2n) is 6.36. The van der Waals surface area contributed by atoms with E-state index in [0.29, 0.717) is 18.8 Å². The molecule has 1 N–H and O–H groups in total. The minimum absolute atomic E-state index is 0.291. The Bertz CT molecular complexity index is 941. The molecule has 3 rings (SSSR count). The van der Waals surface area contributed by atoms with E-state index in [4.69, 9.17) is 4.74 Å². The number of nitriles is 1. The first-order chi connectivity index (χ1) is 13.9. The van der Waals surface area contributed by atoms with Gasteiger partial charge in [0.05, 0.1) is 24.5 Å². The number of para-hydroxylation sites is 1. The van der Waals surface area contributed by atoms with Gasteiger partial charge in [-0.3, -0.25) is 4.79 Å². The summed E-state index contributed by atoms with van der Waals surface area (Å²) in [6.07, 6.45) is -3.27. The quantitative estimate of drug-likeness (QED) is 0.619. The van der Waals surface area contributed by atoms with Crippen molar-refractivity contribution in [3.8, 4) is 6.07 Å². The van der Waals surface area contributed by atoms with E-state index in [1.54, 1.807) is 18.2 Å². The Balaban J connectivity index is 1.76. The molecule has 1 aliphatic heterocycles. The van der Waals surface area contributed by atoms with Crippen LogP contribution in [0.15, 0.2) is 54.1 Å². The number of alkyl halides is 3. The summed E-state index contributed by atoms with van der Waals surface area (Å²) in [5.41, 5.74) is -0.0688. The number of anilines is 2. The van der Waals surface area contributed by atoms with Crippen LogP contribution >= 0.6 is 0 Å². The van der Waals surface area contributed by atoms with Gasteiger partial charge in [-0.1, -0.05) is 24.3 Å². The number of nitrogens with zero attached hydrogens (tertiary/aromatic N) is 2. The molecule has 0 radical (unpaired) electrons. The first-order valence-corrected chi connectivity index (χ1v) is 8.90. The number of carbonyl (C=O) groups is 1. The summed E-state index contributed by atoms with van der Waals surface area (Å²) in [6, 6.07) is 13.6. The molecule has 1 fully saturated rings. The first-order valence-electron chi connectivity index (χ1n) is 8.90. The number of halogens is 3. The number of morpholine rings is 1. The summed E-state index contributed by atoms with van der Waals surface area (Å²) in [5.74, 6) is -0.901. The van der Waals surface area contributed by atoms with Crippen molar-refractivity contribution in [3.05, 3.63) is 65.2 Å². The Morgan fingerprint density at radius 1 is 1.10 bits per heavy atom. The molecule has 1 amide bonds. The molecule has 2 aromatic carbocycles. The molecular formula is C21H18F3N3O2. The number of hydrogen-bond donors (Lipinski definition) is 1. The Morgan fingerprint density at radius 2 is 1.76 bits per heavy atom. The molecule has 0 aliphatic carbocycles. The molecule has 0 saturated carbocycles. The number of hydrogen-bond acceptors (Lipinski definition) is 4. The molecule has 1 aliphatic rings. The molecular weight excluding hydrogens is 383 g/mol. The smallest absolute Gasteiger partial charge is 0.378 e. The van der Waals surface area contributed by atoms with Gasteiger partial charge in [-0.2, -0.15) is 18.4 Å². The van der Waals surface area contributed by atoms with Crippen molar-refractivity contribution in [2.45, 2.75) is 6.18 Å². The molecule has 0 aromatic heterocycles. The molecule has 150 valence electrons. The fourth-order valence-electron chi connectivity index (χ4n) is 2.95. The summed E-state index contributed by atoms with van der Waals surface area (Å²) in [6.45, 7) is 2.86. The highest BCUT2D eigenvalue weighted by atomic mass is 19.4. The van der Waals surface area contributed by atoms with E-state index >= 15 is 0 Å². The van der Waals surface area contributed by atoms with Gasteiger partial charge in [-0.25, -0.2) is 0 Å². The van der Waals surface area contributed by atoms with E-state index in [1.807, 2.05) is 12.1 Å². The highest BCUT2D eigenvalue weighted by molar-refractivity contribution is 6.10. The maximum absolute atomic E-state index is 13.1. The summed E-state index contributed by atoms with van der Waals surface area (Å²) < 4.78 is 44.5. The first kappa shape index (κ1) is 20.4. The van der Waals surface area contributed by atoms with E-state index in [0.717, 1.165) is 30.9 Å². The van der Waals surface area contributed by atoms with Crippen LogP contribution in [0.2, 0.25) is 0 Å². The number of rotatable bonds is 4. The second-order valence-corrected chi connectivity index (χ2v) is 6.36. The van der Waals surface area contributed by atoms with Crippen LogP contribution in [0.4, 0.5) is 24.5 Å². The van der Waals surface area contributed by atoms with Crippen molar-refractivity contribution in [3.63, 3.8) is 0 Å². The summed E-state index contributed by atoms with van der Waals surface area (Å²) in [4.78, 5) is 14.5. The Labute approximate surface area is 166 Å². The Kier molecular flexibility index (Phi) is 6.20. The van der Waals surface area contributed by atoms with Gasteiger partial charge < -0.3 is 15.0 Å². The normalized spacial score (nSPS) is 15.0. The van der Waals surface area contributed by atoms with Crippen LogP contribution in [-0.2, 0) is 15.7 Å². The van der Waals surface area contributed by atoms with Gasteiger partial charge in [-0.05, 0) is 35.9 Å². The lowest BCUT2D eigenvalue weighted by Gasteiger charge is -2.28. The van der Waals surface area contributed by atoms with Crippen molar-refractivity contribution in [1.29, 1.82) is 5.26 Å². The molecule has 5 nitrogen and oxygen atoms in total. The molecule has 8 heteroatoms. The zero-order valence-corrected chi connectivity index (χ0v) is 15.4. The molecule has 29 heavy (non-hydrogen) atoms. The predicted molar refractivity (Wildman–Crippen MR) is 103 cm³/mol. The van der Waals surface area contributed by atoms with Gasteiger partial charge in [-0.15, -0.1) is 0 Å². The van der Waals surface area contributed by atoms with Gasteiger partial charge in [0, 0.05) is 18.8 Å². The number of amides is 1. The standard InChI is InChI=1S/C21H18F3N3O2/c22-21(23,24)18-3-1-2-4-19(18)26-20(28)16(14-25)13-15-5-7-17(8-6-15)27-9-11-29-12-10-27/h1-8,13H,9-12H2,(H,26,28)/b16-13+. The van der Waals surface area contributed by atoms with Crippen molar-refractivity contribution >= 4 is 23.4 Å². The van der Waals surface area contributed by atoms with E-state index in [2.05, 4.69) is 10.2 Å². The number of benzene rings is 2. The van der Waals surface area contributed by atoms with E-state index < -0.39 is 23.3 Å². The van der Waals surface area contributed by atoms with Crippen LogP contribution in [-0.4, -0.2) is 32.2 Å². The SMILES string of the molecule is N#C/C(=C\c1ccc(N2CCOCC2)cc1)C(=O)Nc1ccccc1C(F)(F)F. The maximum Gasteiger partial charge on any atom is 0.418 e. The third-order valence-electron chi connectivity index (χ3n) is 4.43. The molecule has 0 bridgehead atoms. The van der Waals surface area contributed by atoms with Crippen molar-refractivity contribution in [2.75, 3.05) is 36.5 Å². The molecule has 1 saturated heterocycles. The van der Waals surface area contributed by atoms with Gasteiger partial charge in [0.15, 0.2) is 0 Å². The zero-order chi connectivity index (χ0) is 20.9. The second kappa shape index (κ2) is 8.80. The van der Waals surface area contributed by atoms with Gasteiger partial charge >= 0.3 is 6.18 Å². The van der Waals surface area contributed by atoms with Crippen LogP contribution in [0.5, 0.6) is 0 Å². The molecule has 0 atom stereocenters. The van der Waals surface area contributed by atoms with Gasteiger partial charge in [0.2, 0.25) is 0 Å². The van der Waals surface area contributed by atoms with Gasteiger partial charge in [0.1, 0.15) is 11.6 Å². The third-order valence-corrected chi connectivity index (χ3v) is 4.43. The van der Waals surface area contributed by atoms with Crippen molar-refractivity contribution in [1.82, 2.24) is 0 Å².